The van der Waals surface area contributed by atoms with E-state index in [-0.39, 0.29) is 6.09 Å². The smallest absolute Gasteiger partial charge is 0.410 e. The maximum atomic E-state index is 11.8. The highest BCUT2D eigenvalue weighted by atomic mass is 16.6. The molecule has 0 saturated carbocycles. The van der Waals surface area contributed by atoms with E-state index >= 15 is 0 Å². The van der Waals surface area contributed by atoms with Crippen LogP contribution in [-0.4, -0.2) is 29.7 Å². The molecule has 0 bridgehead atoms. The summed E-state index contributed by atoms with van der Waals surface area (Å²) in [6.07, 6.45) is -0.242. The maximum absolute atomic E-state index is 11.8. The first-order valence-corrected chi connectivity index (χ1v) is 6.19. The maximum Gasteiger partial charge on any atom is 0.410 e. The monoisotopic (exact) mass is 248 g/mol. The Bertz CT molecular complexity index is 445. The largest absolute Gasteiger partial charge is 0.444 e. The van der Waals surface area contributed by atoms with E-state index in [2.05, 4.69) is 0 Å². The second-order valence-corrected chi connectivity index (χ2v) is 5.71. The molecule has 1 aliphatic rings. The topological polar surface area (TPSA) is 55.6 Å². The first kappa shape index (κ1) is 12.7. The minimum Gasteiger partial charge on any atom is -0.444 e. The number of hydrogen-bond acceptors (Lipinski definition) is 3. The summed E-state index contributed by atoms with van der Waals surface area (Å²) in [6, 6.07) is 7.81. The summed E-state index contributed by atoms with van der Waals surface area (Å²) in [5.41, 5.74) is 7.40. The van der Waals surface area contributed by atoms with Crippen LogP contribution in [0, 0.1) is 0 Å². The van der Waals surface area contributed by atoms with E-state index in [1.54, 1.807) is 4.90 Å². The van der Waals surface area contributed by atoms with E-state index in [0.717, 1.165) is 11.3 Å². The van der Waals surface area contributed by atoms with Gasteiger partial charge in [-0.2, -0.15) is 0 Å². The molecule has 0 unspecified atom stereocenters. The predicted octanol–water partition coefficient (Wildman–Crippen LogP) is 2.60. The lowest BCUT2D eigenvalue weighted by molar-refractivity contribution is 0.00824. The van der Waals surface area contributed by atoms with Gasteiger partial charge in [0.1, 0.15) is 5.60 Å². The number of benzene rings is 1. The second-order valence-electron chi connectivity index (χ2n) is 5.71. The Hall–Kier alpha value is -1.71. The number of anilines is 1. The highest BCUT2D eigenvalue weighted by molar-refractivity contribution is 5.70. The van der Waals surface area contributed by atoms with Gasteiger partial charge < -0.3 is 15.4 Å². The summed E-state index contributed by atoms with van der Waals surface area (Å²) >= 11 is 0. The molecule has 4 heteroatoms. The zero-order valence-corrected chi connectivity index (χ0v) is 11.1. The summed E-state index contributed by atoms with van der Waals surface area (Å²) in [4.78, 5) is 13.5. The lowest BCUT2D eigenvalue weighted by Gasteiger charge is -2.40. The number of para-hydroxylation sites is 1. The van der Waals surface area contributed by atoms with E-state index in [1.165, 1.54) is 0 Å². The summed E-state index contributed by atoms with van der Waals surface area (Å²) in [5, 5.41) is 0. The lowest BCUT2D eigenvalue weighted by Crippen LogP contribution is -2.50. The van der Waals surface area contributed by atoms with E-state index in [1.807, 2.05) is 45.0 Å². The lowest BCUT2D eigenvalue weighted by atomic mass is 9.91. The SMILES string of the molecule is CC(C)(C)OC(=O)N1CC(c2ccccc2N)C1. The number of ether oxygens (including phenoxy) is 1. The number of carbonyl (C=O) groups excluding carboxylic acids is 1. The van der Waals surface area contributed by atoms with Crippen molar-refractivity contribution in [3.63, 3.8) is 0 Å². The Balaban J connectivity index is 1.91. The van der Waals surface area contributed by atoms with Crippen molar-refractivity contribution >= 4 is 11.8 Å². The van der Waals surface area contributed by atoms with Crippen molar-refractivity contribution in [3.05, 3.63) is 29.8 Å². The van der Waals surface area contributed by atoms with Crippen LogP contribution in [0.25, 0.3) is 0 Å². The molecule has 4 nitrogen and oxygen atoms in total. The van der Waals surface area contributed by atoms with Gasteiger partial charge in [-0.25, -0.2) is 4.79 Å². The Morgan fingerprint density at radius 3 is 2.50 bits per heavy atom. The van der Waals surface area contributed by atoms with E-state index in [4.69, 9.17) is 10.5 Å². The normalized spacial score (nSPS) is 16.3. The summed E-state index contributed by atoms with van der Waals surface area (Å²) in [5.74, 6) is 0.332. The molecule has 98 valence electrons. The van der Waals surface area contributed by atoms with E-state index in [0.29, 0.717) is 19.0 Å². The van der Waals surface area contributed by atoms with Gasteiger partial charge in [0.15, 0.2) is 0 Å². The molecular weight excluding hydrogens is 228 g/mol. The number of likely N-dealkylation sites (tertiary alicyclic amines) is 1. The van der Waals surface area contributed by atoms with Crippen molar-refractivity contribution in [1.29, 1.82) is 0 Å². The third kappa shape index (κ3) is 2.75. The molecule has 1 heterocycles. The van der Waals surface area contributed by atoms with Crippen molar-refractivity contribution in [2.75, 3.05) is 18.8 Å². The number of carbonyl (C=O) groups is 1. The van der Waals surface area contributed by atoms with Crippen LogP contribution in [0.4, 0.5) is 10.5 Å². The Morgan fingerprint density at radius 2 is 1.94 bits per heavy atom. The van der Waals surface area contributed by atoms with Gasteiger partial charge in [0, 0.05) is 24.7 Å². The average Bonchev–Trinajstić information content (AvgIpc) is 2.15. The molecule has 2 rings (SSSR count). The van der Waals surface area contributed by atoms with E-state index < -0.39 is 5.60 Å². The number of hydrogen-bond donors (Lipinski definition) is 1. The van der Waals surface area contributed by atoms with Gasteiger partial charge in [0.25, 0.3) is 0 Å². The Kier molecular flexibility index (Phi) is 3.20. The van der Waals surface area contributed by atoms with Gasteiger partial charge in [0.2, 0.25) is 0 Å². The molecule has 1 amide bonds. The molecule has 1 aromatic carbocycles. The first-order valence-electron chi connectivity index (χ1n) is 6.19. The van der Waals surface area contributed by atoms with Crippen LogP contribution in [0.5, 0.6) is 0 Å². The zero-order chi connectivity index (χ0) is 13.3. The molecule has 2 N–H and O–H groups in total. The quantitative estimate of drug-likeness (QED) is 0.777. The van der Waals surface area contributed by atoms with Gasteiger partial charge in [-0.15, -0.1) is 0 Å². The van der Waals surface area contributed by atoms with Gasteiger partial charge >= 0.3 is 6.09 Å². The van der Waals surface area contributed by atoms with Crippen LogP contribution < -0.4 is 5.73 Å². The molecular formula is C14H20N2O2. The number of rotatable bonds is 1. The molecule has 0 atom stereocenters. The second kappa shape index (κ2) is 4.52. The van der Waals surface area contributed by atoms with Crippen LogP contribution in [0.1, 0.15) is 32.3 Å². The fourth-order valence-electron chi connectivity index (χ4n) is 2.03. The van der Waals surface area contributed by atoms with Gasteiger partial charge in [-0.05, 0) is 32.4 Å². The summed E-state index contributed by atoms with van der Waals surface area (Å²) in [7, 11) is 0. The Morgan fingerprint density at radius 1 is 1.33 bits per heavy atom. The third-order valence-electron chi connectivity index (χ3n) is 2.97. The molecule has 0 aromatic heterocycles. The van der Waals surface area contributed by atoms with Gasteiger partial charge in [0.05, 0.1) is 0 Å². The fraction of sp³-hybridized carbons (Fsp3) is 0.500. The third-order valence-corrected chi connectivity index (χ3v) is 2.97. The van der Waals surface area contributed by atoms with Gasteiger partial charge in [-0.3, -0.25) is 0 Å². The molecule has 1 saturated heterocycles. The standard InChI is InChI=1S/C14H20N2O2/c1-14(2,3)18-13(17)16-8-10(9-16)11-6-4-5-7-12(11)15/h4-7,10H,8-9,15H2,1-3H3. The van der Waals surface area contributed by atoms with Crippen molar-refractivity contribution in [3.8, 4) is 0 Å². The van der Waals surface area contributed by atoms with Crippen LogP contribution in [0.2, 0.25) is 0 Å². The van der Waals surface area contributed by atoms with Crippen molar-refractivity contribution < 1.29 is 9.53 Å². The van der Waals surface area contributed by atoms with Crippen LogP contribution in [-0.2, 0) is 4.74 Å². The average molecular weight is 248 g/mol. The van der Waals surface area contributed by atoms with Crippen molar-refractivity contribution in [1.82, 2.24) is 4.90 Å². The molecule has 0 aliphatic carbocycles. The number of nitrogens with zero attached hydrogens (tertiary/aromatic N) is 1. The minimum atomic E-state index is -0.437. The van der Waals surface area contributed by atoms with Crippen LogP contribution in [0.3, 0.4) is 0 Å². The predicted molar refractivity (Wildman–Crippen MR) is 71.4 cm³/mol. The van der Waals surface area contributed by atoms with E-state index in [9.17, 15) is 4.79 Å². The van der Waals surface area contributed by atoms with Gasteiger partial charge in [-0.1, -0.05) is 18.2 Å². The number of nitrogen functional groups attached to an aromatic ring is 1. The van der Waals surface area contributed by atoms with Crippen LogP contribution >= 0.6 is 0 Å². The molecule has 1 fully saturated rings. The summed E-state index contributed by atoms with van der Waals surface area (Å²) < 4.78 is 5.31. The minimum absolute atomic E-state index is 0.242. The molecule has 1 aliphatic heterocycles. The summed E-state index contributed by atoms with van der Waals surface area (Å²) in [6.45, 7) is 6.98. The fourth-order valence-corrected chi connectivity index (χ4v) is 2.03. The zero-order valence-electron chi connectivity index (χ0n) is 11.1. The highest BCUT2D eigenvalue weighted by Crippen LogP contribution is 2.31. The molecule has 0 spiro atoms. The number of amides is 1. The molecule has 18 heavy (non-hydrogen) atoms. The number of nitrogens with two attached hydrogens (primary N) is 1. The van der Waals surface area contributed by atoms with Crippen LogP contribution in [0.15, 0.2) is 24.3 Å². The first-order chi connectivity index (χ1) is 8.37. The molecule has 0 radical (unpaired) electrons. The molecule has 1 aromatic rings. The Labute approximate surface area is 108 Å². The van der Waals surface area contributed by atoms with Crippen molar-refractivity contribution in [2.24, 2.45) is 0 Å². The van der Waals surface area contributed by atoms with Crippen molar-refractivity contribution in [2.45, 2.75) is 32.3 Å². The highest BCUT2D eigenvalue weighted by Gasteiger charge is 2.35.